The molecule has 0 atom stereocenters. The molecule has 0 aliphatic rings. The second kappa shape index (κ2) is 4.54. The second-order valence-corrected chi connectivity index (χ2v) is 3.04. The first-order chi connectivity index (χ1) is 6.29. The topological polar surface area (TPSA) is 65.8 Å². The molecule has 0 heterocycles. The third-order valence-electron chi connectivity index (χ3n) is 1.47. The Kier molecular flexibility index (Phi) is 3.37. The quantitative estimate of drug-likeness (QED) is 0.313. The molecule has 5 heteroatoms. The van der Waals surface area contributed by atoms with Crippen LogP contribution >= 0.6 is 11.8 Å². The minimum atomic E-state index is -0.535. The van der Waals surface area contributed by atoms with Crippen LogP contribution in [0.3, 0.4) is 0 Å². The standard InChI is InChI=1S/C8H7N3OS/c1-13-7-5-3-2-4-6(7)8(12)10-11-9/h2-5H,1H3. The molecule has 1 rings (SSSR count). The van der Waals surface area contributed by atoms with Gasteiger partial charge in [-0.15, -0.1) is 11.8 Å². The number of thioether (sulfide) groups is 1. The van der Waals surface area contributed by atoms with E-state index in [9.17, 15) is 4.79 Å². The molecule has 0 spiro atoms. The van der Waals surface area contributed by atoms with Crippen molar-refractivity contribution in [1.82, 2.24) is 0 Å². The summed E-state index contributed by atoms with van der Waals surface area (Å²) in [7, 11) is 0. The number of hydrogen-bond acceptors (Lipinski definition) is 2. The molecule has 66 valence electrons. The lowest BCUT2D eigenvalue weighted by Crippen LogP contribution is -1.94. The van der Waals surface area contributed by atoms with Crippen LogP contribution in [0.1, 0.15) is 10.4 Å². The predicted molar refractivity (Wildman–Crippen MR) is 51.7 cm³/mol. The Hall–Kier alpha value is -1.45. The second-order valence-electron chi connectivity index (χ2n) is 2.19. The Labute approximate surface area is 79.6 Å². The maximum absolute atomic E-state index is 11.2. The largest absolute Gasteiger partial charge is 0.287 e. The van der Waals surface area contributed by atoms with E-state index in [1.165, 1.54) is 11.8 Å². The summed E-state index contributed by atoms with van der Waals surface area (Å²) in [6.45, 7) is 0. The van der Waals surface area contributed by atoms with Gasteiger partial charge in [0.15, 0.2) is 0 Å². The molecule has 13 heavy (non-hydrogen) atoms. The number of nitrogens with zero attached hydrogens (tertiary/aromatic N) is 3. The van der Waals surface area contributed by atoms with Crippen molar-refractivity contribution in [2.24, 2.45) is 5.11 Å². The monoisotopic (exact) mass is 193 g/mol. The predicted octanol–water partition coefficient (Wildman–Crippen LogP) is 2.86. The van der Waals surface area contributed by atoms with Crippen LogP contribution < -0.4 is 0 Å². The van der Waals surface area contributed by atoms with E-state index in [4.69, 9.17) is 5.53 Å². The fourth-order valence-electron chi connectivity index (χ4n) is 0.916. The highest BCUT2D eigenvalue weighted by atomic mass is 32.2. The van der Waals surface area contributed by atoms with Crippen molar-refractivity contribution in [1.29, 1.82) is 0 Å². The summed E-state index contributed by atoms with van der Waals surface area (Å²) in [4.78, 5) is 14.5. The van der Waals surface area contributed by atoms with Gasteiger partial charge in [-0.2, -0.15) is 0 Å². The Morgan fingerprint density at radius 3 is 2.85 bits per heavy atom. The van der Waals surface area contributed by atoms with Gasteiger partial charge in [-0.05, 0) is 23.0 Å². The fourth-order valence-corrected chi connectivity index (χ4v) is 1.51. The third-order valence-corrected chi connectivity index (χ3v) is 2.27. The molecule has 0 unspecified atom stereocenters. The minimum absolute atomic E-state index is 0.452. The van der Waals surface area contributed by atoms with E-state index in [1.807, 2.05) is 18.4 Å². The van der Waals surface area contributed by atoms with Crippen molar-refractivity contribution in [3.05, 3.63) is 40.3 Å². The van der Waals surface area contributed by atoms with Gasteiger partial charge in [0.1, 0.15) is 0 Å². The molecule has 0 aromatic heterocycles. The zero-order valence-corrected chi connectivity index (χ0v) is 7.78. The molecule has 0 aliphatic carbocycles. The fraction of sp³-hybridized carbons (Fsp3) is 0.125. The Morgan fingerprint density at radius 2 is 2.23 bits per heavy atom. The number of rotatable bonds is 2. The molecule has 0 saturated carbocycles. The summed E-state index contributed by atoms with van der Waals surface area (Å²) >= 11 is 1.45. The molecule has 0 fully saturated rings. The maximum atomic E-state index is 11.2. The number of hydrogen-bond donors (Lipinski definition) is 0. The van der Waals surface area contributed by atoms with E-state index < -0.39 is 5.91 Å². The highest BCUT2D eigenvalue weighted by Crippen LogP contribution is 2.20. The molecule has 0 aliphatic heterocycles. The van der Waals surface area contributed by atoms with Crippen molar-refractivity contribution in [3.63, 3.8) is 0 Å². The van der Waals surface area contributed by atoms with Gasteiger partial charge in [0.2, 0.25) is 5.91 Å². The molecule has 1 amide bonds. The summed E-state index contributed by atoms with van der Waals surface area (Å²) in [5.41, 5.74) is 8.54. The lowest BCUT2D eigenvalue weighted by molar-refractivity contribution is 0.0997. The summed E-state index contributed by atoms with van der Waals surface area (Å²) < 4.78 is 0. The summed E-state index contributed by atoms with van der Waals surface area (Å²) in [5, 5.41) is 3.03. The van der Waals surface area contributed by atoms with E-state index in [2.05, 4.69) is 10.0 Å². The van der Waals surface area contributed by atoms with Crippen molar-refractivity contribution in [2.75, 3.05) is 6.26 Å². The van der Waals surface area contributed by atoms with E-state index in [0.29, 0.717) is 5.56 Å². The van der Waals surface area contributed by atoms with Crippen molar-refractivity contribution in [2.45, 2.75) is 4.90 Å². The third kappa shape index (κ3) is 2.24. The Morgan fingerprint density at radius 1 is 1.54 bits per heavy atom. The maximum Gasteiger partial charge on any atom is 0.250 e. The molecule has 1 aromatic carbocycles. The molecule has 0 radical (unpaired) electrons. The molecule has 0 bridgehead atoms. The zero-order chi connectivity index (χ0) is 9.68. The Balaban J connectivity index is 3.12. The van der Waals surface area contributed by atoms with Crippen LogP contribution in [0.2, 0.25) is 0 Å². The van der Waals surface area contributed by atoms with Crippen LogP contribution in [0.15, 0.2) is 34.3 Å². The molecule has 0 saturated heterocycles. The van der Waals surface area contributed by atoms with E-state index in [0.717, 1.165) is 4.90 Å². The van der Waals surface area contributed by atoms with Gasteiger partial charge in [-0.25, -0.2) is 0 Å². The summed E-state index contributed by atoms with van der Waals surface area (Å²) in [5.74, 6) is -0.535. The van der Waals surface area contributed by atoms with Crippen LogP contribution in [-0.2, 0) is 0 Å². The Bertz CT molecular complexity index is 371. The lowest BCUT2D eigenvalue weighted by atomic mass is 10.2. The lowest BCUT2D eigenvalue weighted by Gasteiger charge is -2.00. The van der Waals surface area contributed by atoms with Crippen LogP contribution in [-0.4, -0.2) is 12.2 Å². The molecule has 0 N–H and O–H groups in total. The van der Waals surface area contributed by atoms with Crippen LogP contribution in [0.5, 0.6) is 0 Å². The highest BCUT2D eigenvalue weighted by Gasteiger charge is 2.07. The number of benzene rings is 1. The van der Waals surface area contributed by atoms with Crippen molar-refractivity contribution < 1.29 is 4.79 Å². The highest BCUT2D eigenvalue weighted by molar-refractivity contribution is 7.98. The summed E-state index contributed by atoms with van der Waals surface area (Å²) in [6, 6.07) is 7.02. The van der Waals surface area contributed by atoms with Crippen molar-refractivity contribution in [3.8, 4) is 0 Å². The first-order valence-electron chi connectivity index (χ1n) is 3.52. The normalized spacial score (nSPS) is 9.00. The number of carbonyl (C=O) groups is 1. The van der Waals surface area contributed by atoms with Gasteiger partial charge in [0.05, 0.1) is 0 Å². The number of carbonyl (C=O) groups excluding carboxylic acids is 1. The van der Waals surface area contributed by atoms with Gasteiger partial charge in [-0.3, -0.25) is 4.79 Å². The van der Waals surface area contributed by atoms with E-state index in [-0.39, 0.29) is 0 Å². The van der Waals surface area contributed by atoms with Gasteiger partial charge >= 0.3 is 0 Å². The zero-order valence-electron chi connectivity index (χ0n) is 6.97. The van der Waals surface area contributed by atoms with Gasteiger partial charge in [0.25, 0.3) is 0 Å². The van der Waals surface area contributed by atoms with Crippen molar-refractivity contribution >= 4 is 17.7 Å². The van der Waals surface area contributed by atoms with Gasteiger partial charge in [-0.1, -0.05) is 18.2 Å². The van der Waals surface area contributed by atoms with E-state index >= 15 is 0 Å². The number of amides is 1. The summed E-state index contributed by atoms with van der Waals surface area (Å²) in [6.07, 6.45) is 1.86. The first-order valence-corrected chi connectivity index (χ1v) is 4.74. The average molecular weight is 193 g/mol. The minimum Gasteiger partial charge on any atom is -0.287 e. The van der Waals surface area contributed by atoms with E-state index in [1.54, 1.807) is 12.1 Å². The first kappa shape index (κ1) is 9.64. The number of azide groups is 1. The van der Waals surface area contributed by atoms with Gasteiger partial charge < -0.3 is 0 Å². The van der Waals surface area contributed by atoms with Gasteiger partial charge in [0, 0.05) is 15.4 Å². The van der Waals surface area contributed by atoms with Crippen LogP contribution in [0.4, 0.5) is 0 Å². The smallest absolute Gasteiger partial charge is 0.250 e. The SMILES string of the molecule is CSc1ccccc1C(=O)N=[N+]=[N-]. The van der Waals surface area contributed by atoms with Crippen LogP contribution in [0, 0.1) is 0 Å². The molecule has 1 aromatic rings. The molecule has 4 nitrogen and oxygen atoms in total. The molecular weight excluding hydrogens is 186 g/mol. The van der Waals surface area contributed by atoms with Crippen LogP contribution in [0.25, 0.3) is 10.4 Å². The molecular formula is C8H7N3OS. The average Bonchev–Trinajstić information content (AvgIpc) is 2.18.